The molecule has 0 heterocycles. The molecule has 82 valence electrons. The Morgan fingerprint density at radius 3 is 2.36 bits per heavy atom. The summed E-state index contributed by atoms with van der Waals surface area (Å²) in [5, 5.41) is 0. The van der Waals surface area contributed by atoms with Crippen molar-refractivity contribution < 1.29 is 13.2 Å². The summed E-state index contributed by atoms with van der Waals surface area (Å²) in [5.74, 6) is 0.0331. The normalized spacial score (nSPS) is 21.6. The molecule has 5 heteroatoms. The topological polar surface area (TPSA) is 77.2 Å². The first-order valence-corrected chi connectivity index (χ1v) is 6.79. The molecule has 0 aromatic rings. The molecule has 1 unspecified atom stereocenters. The summed E-state index contributed by atoms with van der Waals surface area (Å²) in [7, 11) is -3.06. The van der Waals surface area contributed by atoms with Crippen LogP contribution in [0.1, 0.15) is 26.2 Å². The minimum atomic E-state index is -3.06. The van der Waals surface area contributed by atoms with Crippen molar-refractivity contribution in [1.29, 1.82) is 0 Å². The van der Waals surface area contributed by atoms with Crippen LogP contribution in [0.2, 0.25) is 0 Å². The van der Waals surface area contributed by atoms with Gasteiger partial charge in [-0.2, -0.15) is 0 Å². The van der Waals surface area contributed by atoms with Crippen LogP contribution in [0.5, 0.6) is 0 Å². The van der Waals surface area contributed by atoms with Gasteiger partial charge in [-0.1, -0.05) is 0 Å². The first-order chi connectivity index (χ1) is 6.23. The van der Waals surface area contributed by atoms with Crippen LogP contribution < -0.4 is 5.73 Å². The maximum Gasteiger partial charge on any atom is 0.153 e. The van der Waals surface area contributed by atoms with Crippen LogP contribution in [0.3, 0.4) is 0 Å². The van der Waals surface area contributed by atoms with Gasteiger partial charge < -0.3 is 5.73 Å². The van der Waals surface area contributed by atoms with Gasteiger partial charge >= 0.3 is 0 Å². The van der Waals surface area contributed by atoms with Crippen molar-refractivity contribution in [3.8, 4) is 0 Å². The van der Waals surface area contributed by atoms with Crippen molar-refractivity contribution in [3.05, 3.63) is 0 Å². The summed E-state index contributed by atoms with van der Waals surface area (Å²) in [6.45, 7) is 1.70. The second-order valence-corrected chi connectivity index (χ2v) is 6.62. The molecule has 0 aliphatic heterocycles. The van der Waals surface area contributed by atoms with E-state index in [0.29, 0.717) is 0 Å². The van der Waals surface area contributed by atoms with E-state index in [1.54, 1.807) is 6.92 Å². The fourth-order valence-corrected chi connectivity index (χ4v) is 2.01. The average Bonchev–Trinajstić information content (AvgIpc) is 2.80. The van der Waals surface area contributed by atoms with Crippen molar-refractivity contribution in [2.45, 2.75) is 31.7 Å². The molecule has 1 rings (SSSR count). The Hall–Kier alpha value is -0.420. The molecule has 0 bridgehead atoms. The van der Waals surface area contributed by atoms with Crippen molar-refractivity contribution in [2.75, 3.05) is 12.0 Å². The summed E-state index contributed by atoms with van der Waals surface area (Å²) in [4.78, 5) is 11.6. The zero-order chi connectivity index (χ0) is 11.0. The molecular formula is C9H17NO3S. The van der Waals surface area contributed by atoms with Crippen molar-refractivity contribution in [1.82, 2.24) is 0 Å². The Labute approximate surface area is 84.8 Å². The molecule has 0 spiro atoms. The predicted octanol–water partition coefficient (Wildman–Crippen LogP) is 0.118. The van der Waals surface area contributed by atoms with Gasteiger partial charge in [-0.15, -0.1) is 0 Å². The van der Waals surface area contributed by atoms with Gasteiger partial charge in [0, 0.05) is 12.7 Å². The Balaban J connectivity index is 2.49. The monoisotopic (exact) mass is 219 g/mol. The molecule has 1 fully saturated rings. The number of hydrogen-bond acceptors (Lipinski definition) is 4. The zero-order valence-corrected chi connectivity index (χ0v) is 9.43. The summed E-state index contributed by atoms with van der Waals surface area (Å²) in [6, 6.07) is 0. The number of carbonyl (C=O) groups is 1. The minimum Gasteiger partial charge on any atom is -0.319 e. The molecule has 4 nitrogen and oxygen atoms in total. The van der Waals surface area contributed by atoms with Gasteiger partial charge in [-0.3, -0.25) is 4.79 Å². The third kappa shape index (κ3) is 3.06. The fraction of sp³-hybridized carbons (Fsp3) is 0.889. The second kappa shape index (κ2) is 3.62. The molecule has 1 atom stereocenters. The van der Waals surface area contributed by atoms with E-state index >= 15 is 0 Å². The Kier molecular flexibility index (Phi) is 3.02. The molecule has 0 amide bonds. The SMILES string of the molecule is CC(N)(C(=O)CCS(C)(=O)=O)C1CC1. The summed E-state index contributed by atoms with van der Waals surface area (Å²) in [5.41, 5.74) is 5.04. The molecular weight excluding hydrogens is 202 g/mol. The number of rotatable bonds is 5. The standard InChI is InChI=1S/C9H17NO3S/c1-9(10,7-3-4-7)8(11)5-6-14(2,12)13/h7H,3-6,10H2,1-2H3. The number of Topliss-reactive ketones (excluding diaryl/α,β-unsaturated/α-hetero) is 1. The number of carbonyl (C=O) groups excluding carboxylic acids is 1. The summed E-state index contributed by atoms with van der Waals surface area (Å²) >= 11 is 0. The van der Waals surface area contributed by atoms with Gasteiger partial charge in [0.1, 0.15) is 9.84 Å². The Morgan fingerprint density at radius 1 is 1.50 bits per heavy atom. The third-order valence-corrected chi connectivity index (χ3v) is 3.67. The number of nitrogens with two attached hydrogens (primary N) is 1. The van der Waals surface area contributed by atoms with E-state index < -0.39 is 15.4 Å². The fourth-order valence-electron chi connectivity index (χ4n) is 1.46. The van der Waals surface area contributed by atoms with Gasteiger partial charge in [0.2, 0.25) is 0 Å². The Morgan fingerprint density at radius 2 is 2.00 bits per heavy atom. The second-order valence-electron chi connectivity index (χ2n) is 4.36. The van der Waals surface area contributed by atoms with E-state index in [1.165, 1.54) is 0 Å². The highest BCUT2D eigenvalue weighted by Gasteiger charge is 2.43. The van der Waals surface area contributed by atoms with Crippen molar-refractivity contribution in [3.63, 3.8) is 0 Å². The first-order valence-electron chi connectivity index (χ1n) is 4.73. The van der Waals surface area contributed by atoms with E-state index in [2.05, 4.69) is 0 Å². The molecule has 1 aliphatic rings. The van der Waals surface area contributed by atoms with Crippen LogP contribution >= 0.6 is 0 Å². The van der Waals surface area contributed by atoms with E-state index in [1.807, 2.05) is 0 Å². The van der Waals surface area contributed by atoms with Crippen LogP contribution in [0, 0.1) is 5.92 Å². The highest BCUT2D eigenvalue weighted by molar-refractivity contribution is 7.90. The summed E-state index contributed by atoms with van der Waals surface area (Å²) < 4.78 is 21.7. The lowest BCUT2D eigenvalue weighted by Crippen LogP contribution is -2.47. The van der Waals surface area contributed by atoms with Crippen molar-refractivity contribution in [2.24, 2.45) is 11.7 Å². The molecule has 14 heavy (non-hydrogen) atoms. The van der Waals surface area contributed by atoms with Gasteiger partial charge in [0.05, 0.1) is 11.3 Å². The van der Waals surface area contributed by atoms with Crippen LogP contribution in [-0.4, -0.2) is 31.7 Å². The quantitative estimate of drug-likeness (QED) is 0.712. The molecule has 1 aliphatic carbocycles. The van der Waals surface area contributed by atoms with E-state index in [-0.39, 0.29) is 23.9 Å². The lowest BCUT2D eigenvalue weighted by atomic mass is 9.90. The molecule has 0 saturated heterocycles. The summed E-state index contributed by atoms with van der Waals surface area (Å²) in [6.07, 6.45) is 3.14. The van der Waals surface area contributed by atoms with Crippen LogP contribution in [-0.2, 0) is 14.6 Å². The minimum absolute atomic E-state index is 0.0440. The molecule has 0 radical (unpaired) electrons. The maximum atomic E-state index is 11.6. The molecule has 0 aromatic carbocycles. The van der Waals surface area contributed by atoms with Gasteiger partial charge in [0.15, 0.2) is 5.78 Å². The predicted molar refractivity (Wildman–Crippen MR) is 54.7 cm³/mol. The highest BCUT2D eigenvalue weighted by atomic mass is 32.2. The van der Waals surface area contributed by atoms with E-state index in [9.17, 15) is 13.2 Å². The average molecular weight is 219 g/mol. The van der Waals surface area contributed by atoms with E-state index in [0.717, 1.165) is 19.1 Å². The van der Waals surface area contributed by atoms with Gasteiger partial charge in [-0.05, 0) is 25.7 Å². The highest BCUT2D eigenvalue weighted by Crippen LogP contribution is 2.38. The Bertz CT molecular complexity index is 328. The molecule has 0 aromatic heterocycles. The van der Waals surface area contributed by atoms with Gasteiger partial charge in [-0.25, -0.2) is 8.42 Å². The van der Waals surface area contributed by atoms with Crippen LogP contribution in [0.4, 0.5) is 0 Å². The lowest BCUT2D eigenvalue weighted by molar-refractivity contribution is -0.123. The largest absolute Gasteiger partial charge is 0.319 e. The van der Waals surface area contributed by atoms with Crippen molar-refractivity contribution >= 4 is 15.6 Å². The van der Waals surface area contributed by atoms with Crippen LogP contribution in [0.15, 0.2) is 0 Å². The lowest BCUT2D eigenvalue weighted by Gasteiger charge is -2.22. The smallest absolute Gasteiger partial charge is 0.153 e. The number of sulfone groups is 1. The number of hydrogen-bond donors (Lipinski definition) is 1. The van der Waals surface area contributed by atoms with E-state index in [4.69, 9.17) is 5.73 Å². The first kappa shape index (κ1) is 11.7. The maximum absolute atomic E-state index is 11.6. The zero-order valence-electron chi connectivity index (χ0n) is 8.62. The van der Waals surface area contributed by atoms with Gasteiger partial charge in [0.25, 0.3) is 0 Å². The molecule has 2 N–H and O–H groups in total. The molecule has 1 saturated carbocycles. The third-order valence-electron chi connectivity index (χ3n) is 2.73. The number of ketones is 1. The van der Waals surface area contributed by atoms with Crippen LogP contribution in [0.25, 0.3) is 0 Å².